The maximum atomic E-state index is 12.5. The molecular weight excluding hydrogens is 185 g/mol. The van der Waals surface area contributed by atoms with Gasteiger partial charge in [0.25, 0.3) is 5.91 Å². The molecule has 14 heavy (non-hydrogen) atoms. The van der Waals surface area contributed by atoms with E-state index in [0.717, 1.165) is 0 Å². The second kappa shape index (κ2) is 4.72. The van der Waals surface area contributed by atoms with E-state index in [2.05, 4.69) is 5.32 Å². The lowest BCUT2D eigenvalue weighted by atomic mass is 10.1. The lowest BCUT2D eigenvalue weighted by molar-refractivity contribution is -0.129. The van der Waals surface area contributed by atoms with Gasteiger partial charge in [0.1, 0.15) is 5.82 Å². The van der Waals surface area contributed by atoms with Crippen LogP contribution in [0.2, 0.25) is 0 Å². The second-order valence-electron chi connectivity index (χ2n) is 2.85. The molecule has 0 aliphatic carbocycles. The van der Waals surface area contributed by atoms with Crippen molar-refractivity contribution in [2.24, 2.45) is 0 Å². The van der Waals surface area contributed by atoms with Gasteiger partial charge in [-0.25, -0.2) is 4.39 Å². The molecule has 2 N–H and O–H groups in total. The molecule has 1 aromatic carbocycles. The molecule has 0 radical (unpaired) electrons. The molecule has 1 amide bonds. The van der Waals surface area contributed by atoms with Crippen molar-refractivity contribution in [2.45, 2.75) is 13.0 Å². The molecule has 1 rings (SSSR count). The van der Waals surface area contributed by atoms with Crippen LogP contribution in [-0.4, -0.2) is 17.6 Å². The molecule has 0 aromatic heterocycles. The average molecular weight is 197 g/mol. The fourth-order valence-corrected chi connectivity index (χ4v) is 1.07. The molecule has 0 saturated heterocycles. The van der Waals surface area contributed by atoms with E-state index in [1.54, 1.807) is 6.92 Å². The zero-order chi connectivity index (χ0) is 10.6. The predicted octanol–water partition coefficient (Wildman–Crippen LogP) is 0.995. The van der Waals surface area contributed by atoms with Crippen molar-refractivity contribution in [3.05, 3.63) is 35.6 Å². The average Bonchev–Trinajstić information content (AvgIpc) is 2.18. The number of rotatable bonds is 3. The van der Waals surface area contributed by atoms with Crippen LogP contribution in [0.4, 0.5) is 4.39 Å². The minimum absolute atomic E-state index is 0.386. The number of aliphatic hydroxyl groups is 1. The molecule has 0 heterocycles. The zero-order valence-electron chi connectivity index (χ0n) is 7.83. The van der Waals surface area contributed by atoms with Gasteiger partial charge in [-0.15, -0.1) is 0 Å². The highest BCUT2D eigenvalue weighted by atomic mass is 19.1. The third-order valence-corrected chi connectivity index (χ3v) is 1.79. The summed E-state index contributed by atoms with van der Waals surface area (Å²) in [5.41, 5.74) is 0.386. The summed E-state index contributed by atoms with van der Waals surface area (Å²) in [4.78, 5) is 11.2. The molecule has 1 aromatic rings. The van der Waals surface area contributed by atoms with Crippen molar-refractivity contribution in [3.63, 3.8) is 0 Å². The molecule has 0 aliphatic rings. The monoisotopic (exact) mass is 197 g/mol. The third kappa shape index (κ3) is 2.53. The van der Waals surface area contributed by atoms with Crippen LogP contribution in [0.15, 0.2) is 24.3 Å². The summed E-state index contributed by atoms with van der Waals surface area (Å²) in [6.45, 7) is 2.21. The number of hydrogen-bond acceptors (Lipinski definition) is 2. The van der Waals surface area contributed by atoms with Crippen molar-refractivity contribution >= 4 is 5.91 Å². The summed E-state index contributed by atoms with van der Waals surface area (Å²) in [5.74, 6) is -0.865. The summed E-state index contributed by atoms with van der Waals surface area (Å²) in [6, 6.07) is 5.18. The van der Waals surface area contributed by atoms with E-state index in [1.165, 1.54) is 24.3 Å². The molecule has 1 atom stereocenters. The molecule has 0 spiro atoms. The van der Waals surface area contributed by atoms with Gasteiger partial charge in [-0.05, 0) is 24.6 Å². The number of halogens is 1. The maximum Gasteiger partial charge on any atom is 0.253 e. The lowest BCUT2D eigenvalue weighted by Gasteiger charge is -2.09. The molecule has 0 saturated carbocycles. The minimum Gasteiger partial charge on any atom is -0.378 e. The number of likely N-dealkylation sites (N-methyl/N-ethyl adjacent to an activating group) is 1. The van der Waals surface area contributed by atoms with Crippen molar-refractivity contribution in [1.82, 2.24) is 5.32 Å². The Morgan fingerprint density at radius 3 is 2.57 bits per heavy atom. The molecule has 3 nitrogen and oxygen atoms in total. The Morgan fingerprint density at radius 1 is 1.50 bits per heavy atom. The van der Waals surface area contributed by atoms with E-state index in [4.69, 9.17) is 0 Å². The first kappa shape index (κ1) is 10.7. The zero-order valence-corrected chi connectivity index (χ0v) is 7.83. The van der Waals surface area contributed by atoms with E-state index in [-0.39, 0.29) is 0 Å². The van der Waals surface area contributed by atoms with Crippen molar-refractivity contribution in [3.8, 4) is 0 Å². The van der Waals surface area contributed by atoms with E-state index in [9.17, 15) is 14.3 Å². The van der Waals surface area contributed by atoms with Gasteiger partial charge in [0.15, 0.2) is 6.10 Å². The first-order valence-electron chi connectivity index (χ1n) is 4.36. The van der Waals surface area contributed by atoms with Gasteiger partial charge in [0, 0.05) is 6.54 Å². The minimum atomic E-state index is -1.23. The van der Waals surface area contributed by atoms with Gasteiger partial charge in [-0.2, -0.15) is 0 Å². The molecule has 76 valence electrons. The number of aliphatic hydroxyl groups excluding tert-OH is 1. The summed E-state index contributed by atoms with van der Waals surface area (Å²) in [7, 11) is 0. The predicted molar refractivity (Wildman–Crippen MR) is 50.0 cm³/mol. The number of amides is 1. The van der Waals surface area contributed by atoms with Crippen LogP contribution in [0.25, 0.3) is 0 Å². The highest BCUT2D eigenvalue weighted by Crippen LogP contribution is 2.13. The fraction of sp³-hybridized carbons (Fsp3) is 0.300. The Kier molecular flexibility index (Phi) is 3.59. The SMILES string of the molecule is CCNC(=O)C(O)c1ccc(F)cc1. The topological polar surface area (TPSA) is 49.3 Å². The highest BCUT2D eigenvalue weighted by molar-refractivity contribution is 5.81. The summed E-state index contributed by atoms with van der Waals surface area (Å²) < 4.78 is 12.5. The highest BCUT2D eigenvalue weighted by Gasteiger charge is 2.15. The van der Waals surface area contributed by atoms with Gasteiger partial charge >= 0.3 is 0 Å². The molecule has 0 fully saturated rings. The van der Waals surface area contributed by atoms with E-state index in [1.807, 2.05) is 0 Å². The van der Waals surface area contributed by atoms with Gasteiger partial charge in [-0.3, -0.25) is 4.79 Å². The summed E-state index contributed by atoms with van der Waals surface area (Å²) >= 11 is 0. The fourth-order valence-electron chi connectivity index (χ4n) is 1.07. The van der Waals surface area contributed by atoms with E-state index < -0.39 is 17.8 Å². The van der Waals surface area contributed by atoms with Crippen molar-refractivity contribution < 1.29 is 14.3 Å². The Balaban J connectivity index is 2.73. The molecule has 1 unspecified atom stereocenters. The van der Waals surface area contributed by atoms with Crippen LogP contribution < -0.4 is 5.32 Å². The quantitative estimate of drug-likeness (QED) is 0.759. The Labute approximate surface area is 81.6 Å². The van der Waals surface area contributed by atoms with Crippen LogP contribution in [0.3, 0.4) is 0 Å². The van der Waals surface area contributed by atoms with Crippen LogP contribution in [0.5, 0.6) is 0 Å². The largest absolute Gasteiger partial charge is 0.378 e. The smallest absolute Gasteiger partial charge is 0.253 e. The Morgan fingerprint density at radius 2 is 2.07 bits per heavy atom. The van der Waals surface area contributed by atoms with Gasteiger partial charge in [0.2, 0.25) is 0 Å². The molecule has 0 bridgehead atoms. The van der Waals surface area contributed by atoms with Crippen molar-refractivity contribution in [1.29, 1.82) is 0 Å². The van der Waals surface area contributed by atoms with Crippen molar-refractivity contribution in [2.75, 3.05) is 6.54 Å². The molecular formula is C10H12FNO2. The number of benzene rings is 1. The summed E-state index contributed by atoms with van der Waals surface area (Å²) in [6.07, 6.45) is -1.23. The first-order chi connectivity index (χ1) is 6.65. The number of carbonyl (C=O) groups excluding carboxylic acids is 1. The van der Waals surface area contributed by atoms with Crippen LogP contribution >= 0.6 is 0 Å². The second-order valence-corrected chi connectivity index (χ2v) is 2.85. The molecule has 0 aliphatic heterocycles. The van der Waals surface area contributed by atoms with E-state index in [0.29, 0.717) is 12.1 Å². The van der Waals surface area contributed by atoms with Gasteiger partial charge in [0.05, 0.1) is 0 Å². The third-order valence-electron chi connectivity index (χ3n) is 1.79. The normalized spacial score (nSPS) is 12.2. The Bertz CT molecular complexity index is 310. The van der Waals surface area contributed by atoms with E-state index >= 15 is 0 Å². The van der Waals surface area contributed by atoms with Crippen LogP contribution in [-0.2, 0) is 4.79 Å². The van der Waals surface area contributed by atoms with Gasteiger partial charge in [-0.1, -0.05) is 12.1 Å². The first-order valence-corrected chi connectivity index (χ1v) is 4.36. The standard InChI is InChI=1S/C10H12FNO2/c1-2-12-10(14)9(13)7-3-5-8(11)6-4-7/h3-6,9,13H,2H2,1H3,(H,12,14). The number of nitrogens with one attached hydrogen (secondary N) is 1. The summed E-state index contributed by atoms with van der Waals surface area (Å²) in [5, 5.41) is 12.0. The molecule has 4 heteroatoms. The Hall–Kier alpha value is -1.42. The number of carbonyl (C=O) groups is 1. The maximum absolute atomic E-state index is 12.5. The van der Waals surface area contributed by atoms with Gasteiger partial charge < -0.3 is 10.4 Å². The van der Waals surface area contributed by atoms with Crippen LogP contribution in [0.1, 0.15) is 18.6 Å². The van der Waals surface area contributed by atoms with Crippen LogP contribution in [0, 0.1) is 5.82 Å². The lowest BCUT2D eigenvalue weighted by Crippen LogP contribution is -2.28. The number of hydrogen-bond donors (Lipinski definition) is 2.